The molecule has 1 unspecified atom stereocenters. The minimum Gasteiger partial charge on any atom is -0.504 e. The molecule has 35 heavy (non-hydrogen) atoms. The molecule has 6 aliphatic rings. The number of phenolic OH excluding ortho intramolecular Hbond substituents is 1. The van der Waals surface area contributed by atoms with E-state index in [2.05, 4.69) is 33.7 Å². The van der Waals surface area contributed by atoms with Gasteiger partial charge in [0.05, 0.1) is 18.6 Å². The molecule has 1 aromatic rings. The Labute approximate surface area is 204 Å². The summed E-state index contributed by atoms with van der Waals surface area (Å²) < 4.78 is 17.5. The van der Waals surface area contributed by atoms with Crippen LogP contribution in [0, 0.1) is 5.41 Å². The fourth-order valence-corrected chi connectivity index (χ4v) is 7.91. The van der Waals surface area contributed by atoms with Gasteiger partial charge in [-0.2, -0.15) is 0 Å². The number of piperidine rings is 1. The minimum absolute atomic E-state index is 0.141. The van der Waals surface area contributed by atoms with Gasteiger partial charge in [0, 0.05) is 42.8 Å². The SMILES string of the molecule is C=CCN1CC[C@]23c4c5ccc(O)c4O[C@H]2C2(OC)C=C[C@@]3(C[C@@H]2NC(=O)/C=C/C(=O)OC)[C@H]1C5. The third-order valence-corrected chi connectivity index (χ3v) is 9.17. The number of aromatic hydroxyl groups is 1. The van der Waals surface area contributed by atoms with E-state index in [0.29, 0.717) is 12.2 Å². The van der Waals surface area contributed by atoms with Crippen molar-refractivity contribution in [1.82, 2.24) is 10.2 Å². The minimum atomic E-state index is -0.929. The second-order valence-electron chi connectivity index (χ2n) is 10.2. The summed E-state index contributed by atoms with van der Waals surface area (Å²) in [5.74, 6) is -0.299. The van der Waals surface area contributed by atoms with Crippen LogP contribution in [0.25, 0.3) is 0 Å². The molecule has 4 bridgehead atoms. The summed E-state index contributed by atoms with van der Waals surface area (Å²) in [4.78, 5) is 26.9. The molecule has 7 rings (SSSR count). The van der Waals surface area contributed by atoms with E-state index >= 15 is 0 Å². The number of ether oxygens (including phenoxy) is 3. The fraction of sp³-hybridized carbons (Fsp3) is 0.481. The van der Waals surface area contributed by atoms with Crippen molar-refractivity contribution in [3.63, 3.8) is 0 Å². The van der Waals surface area contributed by atoms with Crippen LogP contribution in [0.1, 0.15) is 24.0 Å². The zero-order valence-electron chi connectivity index (χ0n) is 20.0. The van der Waals surface area contributed by atoms with Crippen molar-refractivity contribution in [2.75, 3.05) is 27.3 Å². The standard InChI is InChI=1S/C27H30N2O6/c1-4-12-29-13-11-26-22-16-5-6-17(30)23(22)35-24(26)27(34-3)10-9-25(26,19(29)14-16)15-18(27)28-20(31)7-8-21(32)33-2/h4-10,18-19,24,30H,1,11-15H2,2-3H3,(H,28,31)/b8-7+/t18-,19+,24+,25+,26-,27?/m0/s1. The summed E-state index contributed by atoms with van der Waals surface area (Å²) in [7, 11) is 2.91. The van der Waals surface area contributed by atoms with Gasteiger partial charge in [0.2, 0.25) is 5.91 Å². The first-order valence-corrected chi connectivity index (χ1v) is 12.1. The smallest absolute Gasteiger partial charge is 0.330 e. The maximum atomic E-state index is 12.9. The quantitative estimate of drug-likeness (QED) is 0.365. The number of carbonyl (C=O) groups is 2. The molecule has 0 aromatic heterocycles. The lowest BCUT2D eigenvalue weighted by molar-refractivity contribution is -0.201. The maximum absolute atomic E-state index is 12.9. The summed E-state index contributed by atoms with van der Waals surface area (Å²) in [6.07, 6.45) is 10.5. The van der Waals surface area contributed by atoms with Gasteiger partial charge in [-0.25, -0.2) is 4.79 Å². The average Bonchev–Trinajstić information content (AvgIpc) is 3.23. The Bertz CT molecular complexity index is 1190. The zero-order valence-corrected chi connectivity index (χ0v) is 20.0. The number of methoxy groups -OCH3 is 2. The molecule has 2 spiro atoms. The first kappa shape index (κ1) is 22.4. The van der Waals surface area contributed by atoms with E-state index in [9.17, 15) is 14.7 Å². The van der Waals surface area contributed by atoms with Crippen molar-refractivity contribution >= 4 is 11.9 Å². The van der Waals surface area contributed by atoms with Crippen LogP contribution in [-0.4, -0.2) is 73.0 Å². The number of hydrogen-bond donors (Lipinski definition) is 2. The largest absolute Gasteiger partial charge is 0.504 e. The lowest BCUT2D eigenvalue weighted by Crippen LogP contribution is -2.82. The molecule has 8 heteroatoms. The number of hydrogen-bond acceptors (Lipinski definition) is 7. The van der Waals surface area contributed by atoms with Crippen LogP contribution in [0.3, 0.4) is 0 Å². The molecule has 0 radical (unpaired) electrons. The molecule has 1 amide bonds. The van der Waals surface area contributed by atoms with Crippen molar-refractivity contribution in [3.05, 3.63) is 60.2 Å². The first-order chi connectivity index (χ1) is 16.9. The van der Waals surface area contributed by atoms with E-state index in [1.54, 1.807) is 13.2 Å². The van der Waals surface area contributed by atoms with Gasteiger partial charge < -0.3 is 24.6 Å². The summed E-state index contributed by atoms with van der Waals surface area (Å²) in [5, 5.41) is 13.9. The summed E-state index contributed by atoms with van der Waals surface area (Å²) >= 11 is 0. The van der Waals surface area contributed by atoms with Crippen molar-refractivity contribution < 1.29 is 28.9 Å². The summed E-state index contributed by atoms with van der Waals surface area (Å²) in [6, 6.07) is 3.54. The van der Waals surface area contributed by atoms with E-state index in [-0.39, 0.29) is 22.6 Å². The number of esters is 1. The number of amides is 1. The second kappa shape index (κ2) is 7.45. The molecule has 6 atom stereocenters. The normalized spacial score (nSPS) is 37.6. The predicted octanol–water partition coefficient (Wildman–Crippen LogP) is 1.77. The molecular weight excluding hydrogens is 448 g/mol. The number of benzene rings is 1. The first-order valence-electron chi connectivity index (χ1n) is 12.1. The highest BCUT2D eigenvalue weighted by molar-refractivity contribution is 5.94. The van der Waals surface area contributed by atoms with Crippen LogP contribution in [0.15, 0.2) is 49.1 Å². The number of carbonyl (C=O) groups excluding carboxylic acids is 2. The second-order valence-corrected chi connectivity index (χ2v) is 10.2. The van der Waals surface area contributed by atoms with E-state index < -0.39 is 29.6 Å². The monoisotopic (exact) mass is 478 g/mol. The molecule has 1 aromatic carbocycles. The Morgan fingerprint density at radius 3 is 2.89 bits per heavy atom. The lowest BCUT2D eigenvalue weighted by atomic mass is 9.38. The van der Waals surface area contributed by atoms with Crippen LogP contribution in [-0.2, 0) is 30.9 Å². The number of likely N-dealkylation sites (tertiary alicyclic amines) is 1. The number of nitrogens with zero attached hydrogens (tertiary/aromatic N) is 1. The summed E-state index contributed by atoms with van der Waals surface area (Å²) in [6.45, 7) is 5.65. The van der Waals surface area contributed by atoms with Crippen molar-refractivity contribution in [2.24, 2.45) is 5.41 Å². The van der Waals surface area contributed by atoms with Crippen molar-refractivity contribution in [1.29, 1.82) is 0 Å². The third-order valence-electron chi connectivity index (χ3n) is 9.17. The Hall–Kier alpha value is -3.10. The maximum Gasteiger partial charge on any atom is 0.330 e. The lowest BCUT2D eigenvalue weighted by Gasteiger charge is -2.71. The number of fused-ring (bicyclic) bond motifs is 1. The highest BCUT2D eigenvalue weighted by Gasteiger charge is 2.79. The molecule has 1 saturated carbocycles. The zero-order chi connectivity index (χ0) is 24.6. The molecule has 2 N–H and O–H groups in total. The van der Waals surface area contributed by atoms with Gasteiger partial charge in [0.15, 0.2) is 11.5 Å². The molecule has 2 fully saturated rings. The molecule has 2 aliphatic heterocycles. The van der Waals surface area contributed by atoms with E-state index in [0.717, 1.165) is 37.6 Å². The van der Waals surface area contributed by atoms with Gasteiger partial charge in [-0.3, -0.25) is 9.69 Å². The molecule has 2 heterocycles. The average molecular weight is 479 g/mol. The summed E-state index contributed by atoms with van der Waals surface area (Å²) in [5.41, 5.74) is 0.693. The van der Waals surface area contributed by atoms with E-state index in [4.69, 9.17) is 9.47 Å². The Kier molecular flexibility index (Phi) is 4.76. The number of phenols is 1. The van der Waals surface area contributed by atoms with Crippen LogP contribution in [0.5, 0.6) is 11.5 Å². The van der Waals surface area contributed by atoms with Crippen molar-refractivity contribution in [2.45, 2.75) is 48.5 Å². The van der Waals surface area contributed by atoms with Gasteiger partial charge in [-0.15, -0.1) is 6.58 Å². The highest BCUT2D eigenvalue weighted by Crippen LogP contribution is 2.73. The Morgan fingerprint density at radius 2 is 2.14 bits per heavy atom. The molecule has 4 aliphatic carbocycles. The molecule has 1 saturated heterocycles. The van der Waals surface area contributed by atoms with E-state index in [1.165, 1.54) is 18.7 Å². The molecule has 8 nitrogen and oxygen atoms in total. The molecule has 184 valence electrons. The van der Waals surface area contributed by atoms with Gasteiger partial charge in [0.25, 0.3) is 0 Å². The Balaban J connectivity index is 1.50. The predicted molar refractivity (Wildman–Crippen MR) is 127 cm³/mol. The third kappa shape index (κ3) is 2.59. The highest BCUT2D eigenvalue weighted by atomic mass is 16.6. The Morgan fingerprint density at radius 1 is 1.31 bits per heavy atom. The van der Waals surface area contributed by atoms with Gasteiger partial charge >= 0.3 is 5.97 Å². The number of nitrogens with one attached hydrogen (secondary N) is 1. The van der Waals surface area contributed by atoms with Crippen LogP contribution in [0.4, 0.5) is 0 Å². The van der Waals surface area contributed by atoms with E-state index in [1.807, 2.05) is 12.1 Å². The van der Waals surface area contributed by atoms with Crippen LogP contribution < -0.4 is 10.1 Å². The molecular formula is C27H30N2O6. The fourth-order valence-electron chi connectivity index (χ4n) is 7.91. The van der Waals surface area contributed by atoms with Crippen LogP contribution >= 0.6 is 0 Å². The van der Waals surface area contributed by atoms with Gasteiger partial charge in [0.1, 0.15) is 11.7 Å². The topological polar surface area (TPSA) is 97.3 Å². The van der Waals surface area contributed by atoms with Gasteiger partial charge in [-0.05, 0) is 37.4 Å². The van der Waals surface area contributed by atoms with Gasteiger partial charge in [-0.1, -0.05) is 24.3 Å². The number of rotatable bonds is 6. The van der Waals surface area contributed by atoms with Crippen LogP contribution in [0.2, 0.25) is 0 Å². The van der Waals surface area contributed by atoms with Crippen molar-refractivity contribution in [3.8, 4) is 11.5 Å².